The Morgan fingerprint density at radius 3 is 2.28 bits per heavy atom. The second kappa shape index (κ2) is 10.4. The first-order valence-corrected chi connectivity index (χ1v) is 14.1. The zero-order chi connectivity index (χ0) is 26.4. The van der Waals surface area contributed by atoms with Gasteiger partial charge < -0.3 is 14.8 Å². The summed E-state index contributed by atoms with van der Waals surface area (Å²) in [6, 6.07) is 7.92. The van der Waals surface area contributed by atoms with Crippen molar-refractivity contribution in [2.75, 3.05) is 32.5 Å². The van der Waals surface area contributed by atoms with E-state index in [1.54, 1.807) is 32.3 Å². The first-order valence-electron chi connectivity index (χ1n) is 11.6. The second-order valence-corrected chi connectivity index (χ2v) is 12.5. The summed E-state index contributed by atoms with van der Waals surface area (Å²) in [5.74, 6) is 0.294. The van der Waals surface area contributed by atoms with Gasteiger partial charge in [-0.15, -0.1) is 0 Å². The molecule has 1 saturated heterocycles. The highest BCUT2D eigenvalue weighted by atomic mass is 35.5. The van der Waals surface area contributed by atoms with Crippen molar-refractivity contribution in [2.24, 2.45) is 0 Å². The van der Waals surface area contributed by atoms with Gasteiger partial charge in [0.05, 0.1) is 26.0 Å². The third-order valence-electron chi connectivity index (χ3n) is 6.16. The lowest BCUT2D eigenvalue weighted by molar-refractivity contribution is 0.0829. The minimum Gasteiger partial charge on any atom is -0.353 e. The van der Waals surface area contributed by atoms with Crippen LogP contribution in [0.3, 0.4) is 0 Å². The number of rotatable bonds is 6. The molecule has 1 aliphatic rings. The lowest BCUT2D eigenvalue weighted by Crippen LogP contribution is -2.39. The largest absolute Gasteiger partial charge is 0.353 e. The van der Waals surface area contributed by atoms with Crippen LogP contribution in [0.15, 0.2) is 35.2 Å². The number of nitrogens with one attached hydrogen (secondary N) is 1. The molecular weight excluding hydrogens is 545 g/mol. The Morgan fingerprint density at radius 1 is 1.11 bits per heavy atom. The van der Waals surface area contributed by atoms with Gasteiger partial charge in [-0.1, -0.05) is 34.8 Å². The van der Waals surface area contributed by atoms with E-state index in [0.717, 1.165) is 0 Å². The van der Waals surface area contributed by atoms with Crippen molar-refractivity contribution in [3.05, 3.63) is 51.0 Å². The van der Waals surface area contributed by atoms with Crippen molar-refractivity contribution in [1.29, 1.82) is 0 Å². The molecule has 0 aliphatic carbocycles. The number of aromatic nitrogens is 2. The molecule has 1 fully saturated rings. The predicted octanol–water partition coefficient (Wildman–Crippen LogP) is 5.54. The molecule has 1 amide bonds. The maximum Gasteiger partial charge on any atom is 0.257 e. The molecule has 2 aromatic carbocycles. The molecule has 1 aromatic heterocycles. The highest BCUT2D eigenvalue weighted by Crippen LogP contribution is 2.39. The van der Waals surface area contributed by atoms with Crippen LogP contribution in [0, 0.1) is 0 Å². The van der Waals surface area contributed by atoms with Gasteiger partial charge in [0, 0.05) is 44.3 Å². The first-order chi connectivity index (χ1) is 16.9. The van der Waals surface area contributed by atoms with Gasteiger partial charge in [-0.25, -0.2) is 13.4 Å². The maximum absolute atomic E-state index is 13.2. The van der Waals surface area contributed by atoms with Crippen molar-refractivity contribution in [3.63, 3.8) is 0 Å². The van der Waals surface area contributed by atoms with E-state index in [0.29, 0.717) is 47.9 Å². The fourth-order valence-electron chi connectivity index (χ4n) is 4.42. The molecule has 3 aromatic rings. The van der Waals surface area contributed by atoms with Gasteiger partial charge >= 0.3 is 0 Å². The van der Waals surface area contributed by atoms with Crippen molar-refractivity contribution < 1.29 is 13.2 Å². The van der Waals surface area contributed by atoms with Gasteiger partial charge in [0.2, 0.25) is 16.0 Å². The number of carbonyl (C=O) groups is 1. The summed E-state index contributed by atoms with van der Waals surface area (Å²) in [7, 11) is -0.346. The van der Waals surface area contributed by atoms with Crippen LogP contribution in [-0.2, 0) is 10.0 Å². The van der Waals surface area contributed by atoms with Crippen molar-refractivity contribution in [3.8, 4) is 0 Å². The molecule has 1 aliphatic heterocycles. The molecule has 36 heavy (non-hydrogen) atoms. The molecule has 0 bridgehead atoms. The summed E-state index contributed by atoms with van der Waals surface area (Å²) in [4.78, 5) is 19.4. The highest BCUT2D eigenvalue weighted by Gasteiger charge is 2.33. The summed E-state index contributed by atoms with van der Waals surface area (Å²) in [6.45, 7) is 4.66. The summed E-state index contributed by atoms with van der Waals surface area (Å²) < 4.78 is 29.8. The smallest absolute Gasteiger partial charge is 0.257 e. The van der Waals surface area contributed by atoms with Crippen LogP contribution >= 0.6 is 34.8 Å². The van der Waals surface area contributed by atoms with Crippen LogP contribution in [0.1, 0.15) is 43.1 Å². The normalized spacial score (nSPS) is 15.6. The Morgan fingerprint density at radius 2 is 1.72 bits per heavy atom. The summed E-state index contributed by atoms with van der Waals surface area (Å²) >= 11 is 18.9. The van der Waals surface area contributed by atoms with Gasteiger partial charge in [0.15, 0.2) is 0 Å². The quantitative estimate of drug-likeness (QED) is 0.419. The third-order valence-corrected chi connectivity index (χ3v) is 9.11. The minimum absolute atomic E-state index is 0.0625. The second-order valence-electron chi connectivity index (χ2n) is 9.31. The van der Waals surface area contributed by atoms with E-state index in [9.17, 15) is 13.2 Å². The van der Waals surface area contributed by atoms with Gasteiger partial charge in [-0.2, -0.15) is 4.31 Å². The Hall–Kier alpha value is -2.04. The fourth-order valence-corrected chi connectivity index (χ4v) is 6.44. The number of anilines is 1. The van der Waals surface area contributed by atoms with Crippen molar-refractivity contribution in [2.45, 2.75) is 43.7 Å². The zero-order valence-corrected chi connectivity index (χ0v) is 23.5. The number of nitrogens with zero attached hydrogens (tertiary/aromatic N) is 4. The van der Waals surface area contributed by atoms with Gasteiger partial charge in [-0.3, -0.25) is 4.79 Å². The van der Waals surface area contributed by atoms with Crippen LogP contribution in [0.4, 0.5) is 5.95 Å². The SMILES string of the molecule is CC(C)Nc1nc2c(C(=O)N(C)C)c(Cl)c(Cl)cc2n1C1CCN(S(=O)(=O)c2ccc(Cl)cc2)CC1. The van der Waals surface area contributed by atoms with E-state index in [1.807, 2.05) is 18.4 Å². The van der Waals surface area contributed by atoms with E-state index in [1.165, 1.54) is 21.3 Å². The number of imidazole rings is 1. The van der Waals surface area contributed by atoms with Crippen LogP contribution in [0.25, 0.3) is 11.0 Å². The van der Waals surface area contributed by atoms with Gasteiger partial charge in [-0.05, 0) is 57.0 Å². The molecule has 0 atom stereocenters. The monoisotopic (exact) mass is 571 g/mol. The summed E-state index contributed by atoms with van der Waals surface area (Å²) in [5, 5.41) is 4.26. The number of halogens is 3. The number of amides is 1. The van der Waals surface area contributed by atoms with Crippen LogP contribution in [-0.4, -0.2) is 66.3 Å². The number of hydrogen-bond acceptors (Lipinski definition) is 5. The number of piperidine rings is 1. The standard InChI is InChI=1S/C24H28Cl3N5O3S/c1-14(2)28-24-29-22-19(13-18(26)21(27)20(22)23(33)30(3)4)32(24)16-9-11-31(12-10-16)36(34,35)17-7-5-15(25)6-8-17/h5-8,13-14,16H,9-12H2,1-4H3,(H,28,29). The Balaban J connectivity index is 1.73. The average Bonchev–Trinajstić information content (AvgIpc) is 3.16. The van der Waals surface area contributed by atoms with Crippen molar-refractivity contribution in [1.82, 2.24) is 18.8 Å². The molecule has 0 unspecified atom stereocenters. The molecule has 4 rings (SSSR count). The van der Waals surface area contributed by atoms with E-state index < -0.39 is 10.0 Å². The highest BCUT2D eigenvalue weighted by molar-refractivity contribution is 7.89. The molecule has 2 heterocycles. The van der Waals surface area contributed by atoms with Crippen LogP contribution in [0.5, 0.6) is 0 Å². The summed E-state index contributed by atoms with van der Waals surface area (Å²) in [5.41, 5.74) is 1.39. The number of fused-ring (bicyclic) bond motifs is 1. The molecule has 194 valence electrons. The summed E-state index contributed by atoms with van der Waals surface area (Å²) in [6.07, 6.45) is 1.12. The first kappa shape index (κ1) is 27.0. The predicted molar refractivity (Wildman–Crippen MR) is 145 cm³/mol. The number of hydrogen-bond donors (Lipinski definition) is 1. The van der Waals surface area contributed by atoms with E-state index >= 15 is 0 Å². The molecular formula is C24H28Cl3N5O3S. The van der Waals surface area contributed by atoms with E-state index in [2.05, 4.69) is 5.32 Å². The van der Waals surface area contributed by atoms with Crippen molar-refractivity contribution >= 4 is 67.7 Å². The molecule has 0 saturated carbocycles. The number of sulfonamides is 1. The maximum atomic E-state index is 13.2. The van der Waals surface area contributed by atoms with Gasteiger partial charge in [0.25, 0.3) is 5.91 Å². The van der Waals surface area contributed by atoms with Crippen LogP contribution in [0.2, 0.25) is 15.1 Å². The lowest BCUT2D eigenvalue weighted by atomic mass is 10.1. The molecule has 1 N–H and O–H groups in total. The number of carbonyl (C=O) groups excluding carboxylic acids is 1. The Labute approximate surface area is 226 Å². The fraction of sp³-hybridized carbons (Fsp3) is 0.417. The van der Waals surface area contributed by atoms with E-state index in [4.69, 9.17) is 39.8 Å². The third kappa shape index (κ3) is 5.04. The number of benzene rings is 2. The molecule has 12 heteroatoms. The van der Waals surface area contributed by atoms with E-state index in [-0.39, 0.29) is 38.5 Å². The lowest BCUT2D eigenvalue weighted by Gasteiger charge is -2.33. The Kier molecular flexibility index (Phi) is 7.78. The van der Waals surface area contributed by atoms with Crippen LogP contribution < -0.4 is 5.32 Å². The molecule has 0 spiro atoms. The van der Waals surface area contributed by atoms with Gasteiger partial charge in [0.1, 0.15) is 5.52 Å². The molecule has 8 nitrogen and oxygen atoms in total. The average molecular weight is 573 g/mol. The minimum atomic E-state index is -3.64. The topological polar surface area (TPSA) is 87.5 Å². The zero-order valence-electron chi connectivity index (χ0n) is 20.4. The Bertz CT molecular complexity index is 1400. The molecule has 0 radical (unpaired) electrons.